The number of aromatic nitrogens is 2. The highest BCUT2D eigenvalue weighted by Crippen LogP contribution is 2.29. The highest BCUT2D eigenvalue weighted by Gasteiger charge is 2.33. The maximum atomic E-state index is 12.5. The number of hydrogen-bond acceptors (Lipinski definition) is 5. The highest BCUT2D eigenvalue weighted by molar-refractivity contribution is 7.16. The van der Waals surface area contributed by atoms with Gasteiger partial charge in [-0.05, 0) is 12.1 Å². The molecule has 19 heavy (non-hydrogen) atoms. The number of anilines is 2. The average molecular weight is 309 g/mol. The van der Waals surface area contributed by atoms with Gasteiger partial charge < -0.3 is 11.1 Å². The smallest absolute Gasteiger partial charge is 0.368 e. The molecule has 2 heterocycles. The van der Waals surface area contributed by atoms with Gasteiger partial charge >= 0.3 is 6.18 Å². The Bertz CT molecular complexity index is 584. The van der Waals surface area contributed by atoms with Crippen molar-refractivity contribution in [3.63, 3.8) is 0 Å². The first kappa shape index (κ1) is 13.9. The third-order valence-corrected chi connectivity index (χ3v) is 3.34. The molecule has 102 valence electrons. The summed E-state index contributed by atoms with van der Waals surface area (Å²) in [5.41, 5.74) is 4.17. The molecule has 0 aliphatic carbocycles. The van der Waals surface area contributed by atoms with Crippen molar-refractivity contribution in [2.75, 3.05) is 11.1 Å². The standard InChI is InChI=1S/C10H8ClF3N4S/c11-7-2-1-5(19-7)4-16-8-3-6(10(12,13)14)17-9(15)18-8/h1-3H,4H2,(H3,15,16,17,18). The number of thiophene rings is 1. The van der Waals surface area contributed by atoms with Crippen LogP contribution in [-0.2, 0) is 12.7 Å². The molecule has 0 aromatic carbocycles. The molecule has 9 heteroatoms. The summed E-state index contributed by atoms with van der Waals surface area (Å²) < 4.78 is 38.2. The second kappa shape index (κ2) is 5.22. The van der Waals surface area contributed by atoms with Gasteiger partial charge in [0.1, 0.15) is 5.82 Å². The van der Waals surface area contributed by atoms with Gasteiger partial charge in [-0.25, -0.2) is 4.98 Å². The van der Waals surface area contributed by atoms with Gasteiger partial charge in [0.25, 0.3) is 0 Å². The fourth-order valence-electron chi connectivity index (χ4n) is 1.33. The molecule has 2 aromatic rings. The molecule has 0 atom stereocenters. The number of halogens is 4. The van der Waals surface area contributed by atoms with Crippen LogP contribution in [0.2, 0.25) is 4.34 Å². The Morgan fingerprint density at radius 3 is 2.63 bits per heavy atom. The van der Waals surface area contributed by atoms with Crippen molar-refractivity contribution in [2.45, 2.75) is 12.7 Å². The van der Waals surface area contributed by atoms with Gasteiger partial charge in [-0.15, -0.1) is 11.3 Å². The Balaban J connectivity index is 2.14. The molecule has 0 bridgehead atoms. The number of hydrogen-bond donors (Lipinski definition) is 2. The minimum atomic E-state index is -4.56. The Morgan fingerprint density at radius 1 is 1.32 bits per heavy atom. The Kier molecular flexibility index (Phi) is 3.81. The SMILES string of the molecule is Nc1nc(NCc2ccc(Cl)s2)cc(C(F)(F)F)n1. The molecule has 0 saturated heterocycles. The van der Waals surface area contributed by atoms with Gasteiger partial charge in [0.15, 0.2) is 5.69 Å². The van der Waals surface area contributed by atoms with E-state index in [4.69, 9.17) is 17.3 Å². The van der Waals surface area contributed by atoms with Crippen molar-refractivity contribution in [1.82, 2.24) is 9.97 Å². The van der Waals surface area contributed by atoms with Crippen LogP contribution >= 0.6 is 22.9 Å². The largest absolute Gasteiger partial charge is 0.433 e. The van der Waals surface area contributed by atoms with E-state index in [0.717, 1.165) is 10.9 Å². The molecule has 4 nitrogen and oxygen atoms in total. The maximum Gasteiger partial charge on any atom is 0.433 e. The third-order valence-electron chi connectivity index (χ3n) is 2.11. The van der Waals surface area contributed by atoms with Crippen LogP contribution in [0.4, 0.5) is 24.9 Å². The second-order valence-electron chi connectivity index (χ2n) is 3.55. The number of nitrogen functional groups attached to an aromatic ring is 1. The van der Waals surface area contributed by atoms with Gasteiger partial charge in [-0.3, -0.25) is 0 Å². The lowest BCUT2D eigenvalue weighted by atomic mass is 10.3. The number of nitrogens with two attached hydrogens (primary N) is 1. The van der Waals surface area contributed by atoms with Crippen LogP contribution in [-0.4, -0.2) is 9.97 Å². The zero-order chi connectivity index (χ0) is 14.0. The molecular formula is C10H8ClF3N4S. The number of rotatable bonds is 3. The zero-order valence-corrected chi connectivity index (χ0v) is 10.9. The number of alkyl halides is 3. The summed E-state index contributed by atoms with van der Waals surface area (Å²) in [7, 11) is 0. The molecular weight excluding hydrogens is 301 g/mol. The molecule has 0 aliphatic heterocycles. The lowest BCUT2D eigenvalue weighted by Crippen LogP contribution is -2.12. The fourth-order valence-corrected chi connectivity index (χ4v) is 2.35. The first-order chi connectivity index (χ1) is 8.84. The molecule has 2 rings (SSSR count). The van der Waals surface area contributed by atoms with Crippen LogP contribution in [0.15, 0.2) is 18.2 Å². The van der Waals surface area contributed by atoms with E-state index in [2.05, 4.69) is 15.3 Å². The lowest BCUT2D eigenvalue weighted by molar-refractivity contribution is -0.141. The van der Waals surface area contributed by atoms with E-state index in [1.807, 2.05) is 0 Å². The van der Waals surface area contributed by atoms with Crippen LogP contribution < -0.4 is 11.1 Å². The van der Waals surface area contributed by atoms with E-state index >= 15 is 0 Å². The molecule has 0 spiro atoms. The first-order valence-electron chi connectivity index (χ1n) is 5.04. The summed E-state index contributed by atoms with van der Waals surface area (Å²) >= 11 is 7.08. The maximum absolute atomic E-state index is 12.5. The molecule has 2 aromatic heterocycles. The molecule has 0 saturated carbocycles. The minimum Gasteiger partial charge on any atom is -0.368 e. The molecule has 0 unspecified atom stereocenters. The number of nitrogens with one attached hydrogen (secondary N) is 1. The number of nitrogens with zero attached hydrogens (tertiary/aromatic N) is 2. The van der Waals surface area contributed by atoms with Crippen LogP contribution in [0.1, 0.15) is 10.6 Å². The molecule has 0 aliphatic rings. The second-order valence-corrected chi connectivity index (χ2v) is 5.35. The predicted molar refractivity (Wildman–Crippen MR) is 68.1 cm³/mol. The monoisotopic (exact) mass is 308 g/mol. The normalized spacial score (nSPS) is 11.6. The van der Waals surface area contributed by atoms with E-state index in [1.165, 1.54) is 11.3 Å². The molecule has 0 radical (unpaired) electrons. The van der Waals surface area contributed by atoms with Gasteiger partial charge in [-0.1, -0.05) is 11.6 Å². The van der Waals surface area contributed by atoms with E-state index < -0.39 is 17.8 Å². The van der Waals surface area contributed by atoms with Crippen LogP contribution in [0, 0.1) is 0 Å². The quantitative estimate of drug-likeness (QED) is 0.912. The predicted octanol–water partition coefficient (Wildman–Crippen LogP) is 3.40. The van der Waals surface area contributed by atoms with Crippen LogP contribution in [0.25, 0.3) is 0 Å². The van der Waals surface area contributed by atoms with Crippen molar-refractivity contribution in [3.05, 3.63) is 33.1 Å². The summed E-state index contributed by atoms with van der Waals surface area (Å²) in [5.74, 6) is -0.411. The summed E-state index contributed by atoms with van der Waals surface area (Å²) in [6, 6.07) is 4.29. The Labute approximate surface area is 115 Å². The van der Waals surface area contributed by atoms with Crippen LogP contribution in [0.3, 0.4) is 0 Å². The molecule has 0 fully saturated rings. The molecule has 3 N–H and O–H groups in total. The highest BCUT2D eigenvalue weighted by atomic mass is 35.5. The van der Waals surface area contributed by atoms with Crippen molar-refractivity contribution < 1.29 is 13.2 Å². The van der Waals surface area contributed by atoms with E-state index in [9.17, 15) is 13.2 Å². The van der Waals surface area contributed by atoms with Crippen LogP contribution in [0.5, 0.6) is 0 Å². The zero-order valence-electron chi connectivity index (χ0n) is 9.33. The Hall–Kier alpha value is -1.54. The van der Waals surface area contributed by atoms with Crippen molar-refractivity contribution >= 4 is 34.7 Å². The minimum absolute atomic E-state index is 0.0179. The van der Waals surface area contributed by atoms with Gasteiger partial charge in [0, 0.05) is 10.9 Å². The summed E-state index contributed by atoms with van der Waals surface area (Å²) in [6.07, 6.45) is -4.56. The lowest BCUT2D eigenvalue weighted by Gasteiger charge is -2.09. The van der Waals surface area contributed by atoms with Gasteiger partial charge in [0.05, 0.1) is 10.9 Å². The fraction of sp³-hybridized carbons (Fsp3) is 0.200. The topological polar surface area (TPSA) is 63.8 Å². The van der Waals surface area contributed by atoms with Gasteiger partial charge in [0.2, 0.25) is 5.95 Å². The van der Waals surface area contributed by atoms with Crippen molar-refractivity contribution in [3.8, 4) is 0 Å². The van der Waals surface area contributed by atoms with Crippen molar-refractivity contribution in [1.29, 1.82) is 0 Å². The van der Waals surface area contributed by atoms with Crippen molar-refractivity contribution in [2.24, 2.45) is 0 Å². The van der Waals surface area contributed by atoms with E-state index in [-0.39, 0.29) is 5.82 Å². The molecule has 0 amide bonds. The van der Waals surface area contributed by atoms with Gasteiger partial charge in [-0.2, -0.15) is 18.2 Å². The third kappa shape index (κ3) is 3.71. The summed E-state index contributed by atoms with van der Waals surface area (Å²) in [6.45, 7) is 0.311. The van der Waals surface area contributed by atoms with E-state index in [0.29, 0.717) is 10.9 Å². The Morgan fingerprint density at radius 2 is 2.05 bits per heavy atom. The summed E-state index contributed by atoms with van der Waals surface area (Å²) in [4.78, 5) is 7.71. The van der Waals surface area contributed by atoms with E-state index in [1.54, 1.807) is 12.1 Å². The first-order valence-corrected chi connectivity index (χ1v) is 6.24. The summed E-state index contributed by atoms with van der Waals surface area (Å²) in [5, 5.41) is 2.75. The average Bonchev–Trinajstić information content (AvgIpc) is 2.71.